The van der Waals surface area contributed by atoms with Crippen molar-refractivity contribution in [3.63, 3.8) is 0 Å². The molecule has 5 heteroatoms. The van der Waals surface area contributed by atoms with Gasteiger partial charge in [0.05, 0.1) is 12.6 Å². The number of carbonyl (C=O) groups is 2. The minimum absolute atomic E-state index is 0.0265. The van der Waals surface area contributed by atoms with Gasteiger partial charge in [-0.25, -0.2) is 0 Å². The molecule has 24 heavy (non-hydrogen) atoms. The van der Waals surface area contributed by atoms with Crippen LogP contribution in [0, 0.1) is 5.92 Å². The van der Waals surface area contributed by atoms with E-state index < -0.39 is 0 Å². The Morgan fingerprint density at radius 3 is 2.92 bits per heavy atom. The Morgan fingerprint density at radius 1 is 1.33 bits per heavy atom. The number of benzene rings is 1. The lowest BCUT2D eigenvalue weighted by molar-refractivity contribution is -0.119. The second kappa shape index (κ2) is 7.24. The summed E-state index contributed by atoms with van der Waals surface area (Å²) in [5, 5.41) is 3.01. The van der Waals surface area contributed by atoms with E-state index in [9.17, 15) is 9.59 Å². The quantitative estimate of drug-likeness (QED) is 0.922. The largest absolute Gasteiger partial charge is 0.493 e. The van der Waals surface area contributed by atoms with Crippen molar-refractivity contribution in [3.05, 3.63) is 29.3 Å². The average Bonchev–Trinajstić information content (AvgIpc) is 2.96. The molecule has 5 nitrogen and oxygen atoms in total. The minimum atomic E-state index is -0.0265. The maximum Gasteiger partial charge on any atom is 0.253 e. The monoisotopic (exact) mass is 330 g/mol. The Hall–Kier alpha value is -2.04. The summed E-state index contributed by atoms with van der Waals surface area (Å²) in [6.45, 7) is 5.74. The van der Waals surface area contributed by atoms with E-state index in [4.69, 9.17) is 4.74 Å². The molecule has 0 bridgehead atoms. The second-order valence-electron chi connectivity index (χ2n) is 6.84. The van der Waals surface area contributed by atoms with Crippen molar-refractivity contribution in [2.75, 3.05) is 19.7 Å². The van der Waals surface area contributed by atoms with E-state index in [-0.39, 0.29) is 17.9 Å². The van der Waals surface area contributed by atoms with Gasteiger partial charge in [0, 0.05) is 25.6 Å². The van der Waals surface area contributed by atoms with Gasteiger partial charge in [0.15, 0.2) is 0 Å². The van der Waals surface area contributed by atoms with E-state index in [2.05, 4.69) is 12.2 Å². The molecule has 3 rings (SSSR count). The maximum atomic E-state index is 12.9. The predicted octanol–water partition coefficient (Wildman–Crippen LogP) is 2.39. The first-order valence-electron chi connectivity index (χ1n) is 8.90. The van der Waals surface area contributed by atoms with E-state index in [1.54, 1.807) is 0 Å². The number of hydrogen-bond donors (Lipinski definition) is 1. The number of ether oxygens (including phenoxy) is 1. The molecule has 1 aromatic rings. The first-order chi connectivity index (χ1) is 11.6. The summed E-state index contributed by atoms with van der Waals surface area (Å²) in [4.78, 5) is 26.2. The van der Waals surface area contributed by atoms with E-state index >= 15 is 0 Å². The fraction of sp³-hybridized carbons (Fsp3) is 0.579. The molecule has 0 radical (unpaired) electrons. The van der Waals surface area contributed by atoms with Crippen molar-refractivity contribution in [2.24, 2.45) is 5.92 Å². The smallest absolute Gasteiger partial charge is 0.253 e. The van der Waals surface area contributed by atoms with Gasteiger partial charge < -0.3 is 15.0 Å². The van der Waals surface area contributed by atoms with Crippen LogP contribution in [-0.4, -0.2) is 42.5 Å². The van der Waals surface area contributed by atoms with Crippen molar-refractivity contribution in [1.29, 1.82) is 0 Å². The van der Waals surface area contributed by atoms with Gasteiger partial charge in [-0.05, 0) is 48.9 Å². The van der Waals surface area contributed by atoms with Gasteiger partial charge in [-0.3, -0.25) is 9.59 Å². The molecule has 2 aliphatic rings. The lowest BCUT2D eigenvalue weighted by Gasteiger charge is -2.20. The van der Waals surface area contributed by atoms with Crippen LogP contribution >= 0.6 is 0 Å². The molecule has 0 saturated carbocycles. The van der Waals surface area contributed by atoms with Crippen molar-refractivity contribution >= 4 is 11.8 Å². The summed E-state index contributed by atoms with van der Waals surface area (Å²) in [5.41, 5.74) is 1.84. The molecule has 2 atom stereocenters. The van der Waals surface area contributed by atoms with Gasteiger partial charge >= 0.3 is 0 Å². The van der Waals surface area contributed by atoms with Gasteiger partial charge in [-0.2, -0.15) is 0 Å². The predicted molar refractivity (Wildman–Crippen MR) is 92.2 cm³/mol. The lowest BCUT2D eigenvalue weighted by Crippen LogP contribution is -2.39. The van der Waals surface area contributed by atoms with Crippen LogP contribution in [-0.2, 0) is 11.2 Å². The highest BCUT2D eigenvalue weighted by Gasteiger charge is 2.35. The van der Waals surface area contributed by atoms with E-state index in [0.29, 0.717) is 19.0 Å². The summed E-state index contributed by atoms with van der Waals surface area (Å²) in [7, 11) is 0. The summed E-state index contributed by atoms with van der Waals surface area (Å²) < 4.78 is 5.62. The van der Waals surface area contributed by atoms with Crippen LogP contribution in [0.5, 0.6) is 5.75 Å². The second-order valence-corrected chi connectivity index (χ2v) is 6.84. The number of nitrogens with zero attached hydrogens (tertiary/aromatic N) is 1. The van der Waals surface area contributed by atoms with Crippen molar-refractivity contribution in [2.45, 2.75) is 45.6 Å². The third-order valence-electron chi connectivity index (χ3n) is 4.93. The third-order valence-corrected chi connectivity index (χ3v) is 4.93. The zero-order valence-electron chi connectivity index (χ0n) is 14.5. The fourth-order valence-electron chi connectivity index (χ4n) is 3.80. The summed E-state index contributed by atoms with van der Waals surface area (Å²) in [6.07, 6.45) is 4.03. The normalized spacial score (nSPS) is 22.7. The summed E-state index contributed by atoms with van der Waals surface area (Å²) in [5.74, 6) is 1.27. The highest BCUT2D eigenvalue weighted by atomic mass is 16.5. The molecule has 1 N–H and O–H groups in total. The van der Waals surface area contributed by atoms with Crippen LogP contribution < -0.4 is 10.1 Å². The van der Waals surface area contributed by atoms with Gasteiger partial charge in [0.25, 0.3) is 5.91 Å². The molecule has 1 fully saturated rings. The molecule has 2 aliphatic heterocycles. The average molecular weight is 330 g/mol. The number of nitrogens with one attached hydrogen (secondary N) is 1. The molecule has 130 valence electrons. The lowest BCUT2D eigenvalue weighted by atomic mass is 9.98. The molecule has 1 aromatic carbocycles. The van der Waals surface area contributed by atoms with Crippen LogP contribution in [0.25, 0.3) is 0 Å². The molecular weight excluding hydrogens is 304 g/mol. The molecule has 2 amide bonds. The van der Waals surface area contributed by atoms with Crippen LogP contribution in [0.3, 0.4) is 0 Å². The highest BCUT2D eigenvalue weighted by molar-refractivity contribution is 5.95. The summed E-state index contributed by atoms with van der Waals surface area (Å²) >= 11 is 0. The highest BCUT2D eigenvalue weighted by Crippen LogP contribution is 2.28. The van der Waals surface area contributed by atoms with Crippen molar-refractivity contribution in [3.8, 4) is 5.75 Å². The van der Waals surface area contributed by atoms with Gasteiger partial charge in [-0.15, -0.1) is 0 Å². The Labute approximate surface area is 143 Å². The number of amides is 2. The van der Waals surface area contributed by atoms with E-state index in [1.807, 2.05) is 23.1 Å². The molecule has 1 saturated heterocycles. The van der Waals surface area contributed by atoms with Crippen molar-refractivity contribution < 1.29 is 14.3 Å². The Balaban J connectivity index is 1.73. The van der Waals surface area contributed by atoms with Crippen LogP contribution in [0.4, 0.5) is 0 Å². The van der Waals surface area contributed by atoms with Crippen LogP contribution in [0.1, 0.15) is 49.0 Å². The minimum Gasteiger partial charge on any atom is -0.493 e. The van der Waals surface area contributed by atoms with Crippen LogP contribution in [0.2, 0.25) is 0 Å². The number of carbonyl (C=O) groups excluding carboxylic acids is 2. The Kier molecular flexibility index (Phi) is 5.07. The summed E-state index contributed by atoms with van der Waals surface area (Å²) in [6, 6.07) is 5.80. The molecule has 2 heterocycles. The van der Waals surface area contributed by atoms with Crippen molar-refractivity contribution in [1.82, 2.24) is 10.2 Å². The van der Waals surface area contributed by atoms with Gasteiger partial charge in [0.2, 0.25) is 5.91 Å². The molecule has 2 unspecified atom stereocenters. The zero-order chi connectivity index (χ0) is 17.1. The maximum absolute atomic E-state index is 12.9. The standard InChI is InChI=1S/C19H26N2O3/c1-3-5-16-11-21(12-17(16)20-13(2)22)19(23)15-7-8-18-14(10-15)6-4-9-24-18/h7-8,10,16-17H,3-6,9,11-12H2,1-2H3,(H,20,22). The molecule has 0 aliphatic carbocycles. The number of likely N-dealkylation sites (tertiary alicyclic amines) is 1. The topological polar surface area (TPSA) is 58.6 Å². The van der Waals surface area contributed by atoms with E-state index in [1.165, 1.54) is 6.92 Å². The number of rotatable bonds is 4. The first-order valence-corrected chi connectivity index (χ1v) is 8.90. The Bertz CT molecular complexity index is 629. The van der Waals surface area contributed by atoms with Gasteiger partial charge in [-0.1, -0.05) is 13.3 Å². The molecular formula is C19H26N2O3. The fourth-order valence-corrected chi connectivity index (χ4v) is 3.80. The molecule has 0 aromatic heterocycles. The number of aryl methyl sites for hydroxylation is 1. The molecule has 0 spiro atoms. The third kappa shape index (κ3) is 3.55. The SMILES string of the molecule is CCCC1CN(C(=O)c2ccc3c(c2)CCCO3)CC1NC(C)=O. The number of hydrogen-bond acceptors (Lipinski definition) is 3. The zero-order valence-corrected chi connectivity index (χ0v) is 14.5. The van der Waals surface area contributed by atoms with E-state index in [0.717, 1.165) is 49.2 Å². The number of fused-ring (bicyclic) bond motifs is 1. The first kappa shape index (κ1) is 16.8. The van der Waals surface area contributed by atoms with Gasteiger partial charge in [0.1, 0.15) is 5.75 Å². The van der Waals surface area contributed by atoms with Crippen LogP contribution in [0.15, 0.2) is 18.2 Å². The Morgan fingerprint density at radius 2 is 2.17 bits per heavy atom.